The van der Waals surface area contributed by atoms with E-state index in [0.717, 1.165) is 17.9 Å². The molecule has 0 amide bonds. The number of fused-ring (bicyclic) bond motifs is 1. The molecule has 5 heteroatoms. The molecule has 0 bridgehead atoms. The first kappa shape index (κ1) is 12.2. The fraction of sp³-hybridized carbons (Fsp3) is 0.429. The first-order valence-corrected chi connectivity index (χ1v) is 6.67. The molecule has 0 saturated heterocycles. The van der Waals surface area contributed by atoms with E-state index in [2.05, 4.69) is 10.3 Å². The number of hydrogen-bond donors (Lipinski definition) is 2. The normalized spacial score (nSPS) is 16.2. The molecule has 1 aliphatic carbocycles. The van der Waals surface area contributed by atoms with Gasteiger partial charge in [-0.3, -0.25) is 0 Å². The van der Waals surface area contributed by atoms with Gasteiger partial charge >= 0.3 is 5.97 Å². The average Bonchev–Trinajstić information content (AvgIpc) is 3.05. The van der Waals surface area contributed by atoms with E-state index in [0.29, 0.717) is 6.04 Å². The van der Waals surface area contributed by atoms with Crippen molar-refractivity contribution < 1.29 is 9.90 Å². The number of rotatable bonds is 4. The molecule has 0 aliphatic heterocycles. The second kappa shape index (κ2) is 5.01. The van der Waals surface area contributed by atoms with Crippen molar-refractivity contribution in [3.63, 3.8) is 0 Å². The van der Waals surface area contributed by atoms with E-state index in [1.807, 2.05) is 10.6 Å². The Morgan fingerprint density at radius 2 is 2.21 bits per heavy atom. The number of nitrogens with one attached hydrogen (secondary N) is 1. The van der Waals surface area contributed by atoms with Gasteiger partial charge in [0, 0.05) is 18.8 Å². The van der Waals surface area contributed by atoms with Gasteiger partial charge in [-0.05, 0) is 25.0 Å². The highest BCUT2D eigenvalue weighted by atomic mass is 16.4. The van der Waals surface area contributed by atoms with Crippen LogP contribution in [-0.4, -0.2) is 26.5 Å². The lowest BCUT2D eigenvalue weighted by Crippen LogP contribution is -2.25. The Bertz CT molecular complexity index is 600. The molecule has 0 atom stereocenters. The summed E-state index contributed by atoms with van der Waals surface area (Å²) in [5.41, 5.74) is 2.07. The molecular formula is C14H17N3O2. The smallest absolute Gasteiger partial charge is 0.337 e. The molecule has 0 spiro atoms. The zero-order valence-corrected chi connectivity index (χ0v) is 10.7. The van der Waals surface area contributed by atoms with Crippen LogP contribution < -0.4 is 5.32 Å². The van der Waals surface area contributed by atoms with Crippen molar-refractivity contribution in [2.75, 3.05) is 0 Å². The Balaban J connectivity index is 1.81. The Labute approximate surface area is 111 Å². The zero-order valence-electron chi connectivity index (χ0n) is 10.7. The summed E-state index contributed by atoms with van der Waals surface area (Å²) in [4.78, 5) is 15.3. The minimum atomic E-state index is -0.912. The maximum absolute atomic E-state index is 11.0. The third kappa shape index (κ3) is 2.46. The standard InChI is InChI=1S/C14H17N3O2/c18-14(19)10-5-6-13-16-8-12(17(13)9-10)7-15-11-3-1-2-4-11/h5-6,8-9,11,15H,1-4,7H2,(H,18,19). The van der Waals surface area contributed by atoms with Crippen molar-refractivity contribution in [1.82, 2.24) is 14.7 Å². The highest BCUT2D eigenvalue weighted by Gasteiger charge is 2.15. The average molecular weight is 259 g/mol. The molecule has 1 saturated carbocycles. The largest absolute Gasteiger partial charge is 0.478 e. The maximum atomic E-state index is 11.0. The lowest BCUT2D eigenvalue weighted by molar-refractivity contribution is 0.0696. The van der Waals surface area contributed by atoms with E-state index in [-0.39, 0.29) is 5.56 Å². The Kier molecular flexibility index (Phi) is 3.21. The van der Waals surface area contributed by atoms with Crippen LogP contribution in [0.1, 0.15) is 41.7 Å². The number of aromatic nitrogens is 2. The highest BCUT2D eigenvalue weighted by molar-refractivity contribution is 5.87. The van der Waals surface area contributed by atoms with Crippen LogP contribution in [0, 0.1) is 0 Å². The van der Waals surface area contributed by atoms with Gasteiger partial charge in [-0.25, -0.2) is 9.78 Å². The molecule has 2 aromatic rings. The molecule has 1 aliphatic rings. The van der Waals surface area contributed by atoms with E-state index in [1.165, 1.54) is 25.7 Å². The summed E-state index contributed by atoms with van der Waals surface area (Å²) < 4.78 is 1.85. The first-order chi connectivity index (χ1) is 9.24. The van der Waals surface area contributed by atoms with Crippen LogP contribution in [0.5, 0.6) is 0 Å². The van der Waals surface area contributed by atoms with Crippen LogP contribution in [0.25, 0.3) is 5.65 Å². The predicted octanol–water partition coefficient (Wildman–Crippen LogP) is 2.06. The molecule has 2 heterocycles. The summed E-state index contributed by atoms with van der Waals surface area (Å²) in [6.45, 7) is 0.731. The highest BCUT2D eigenvalue weighted by Crippen LogP contribution is 2.18. The van der Waals surface area contributed by atoms with Crippen molar-refractivity contribution in [2.45, 2.75) is 38.3 Å². The second-order valence-electron chi connectivity index (χ2n) is 5.06. The summed E-state index contributed by atoms with van der Waals surface area (Å²) >= 11 is 0. The number of carbonyl (C=O) groups is 1. The van der Waals surface area contributed by atoms with Crippen LogP contribution in [0.2, 0.25) is 0 Å². The number of imidazole rings is 1. The fourth-order valence-corrected chi connectivity index (χ4v) is 2.67. The van der Waals surface area contributed by atoms with Gasteiger partial charge < -0.3 is 14.8 Å². The third-order valence-corrected chi connectivity index (χ3v) is 3.76. The summed E-state index contributed by atoms with van der Waals surface area (Å²) in [7, 11) is 0. The lowest BCUT2D eigenvalue weighted by atomic mass is 10.2. The van der Waals surface area contributed by atoms with Crippen molar-refractivity contribution in [3.8, 4) is 0 Å². The van der Waals surface area contributed by atoms with Gasteiger partial charge in [-0.1, -0.05) is 12.8 Å². The molecular weight excluding hydrogens is 242 g/mol. The van der Waals surface area contributed by atoms with Crippen molar-refractivity contribution >= 4 is 11.6 Å². The second-order valence-corrected chi connectivity index (χ2v) is 5.06. The fourth-order valence-electron chi connectivity index (χ4n) is 2.67. The topological polar surface area (TPSA) is 66.6 Å². The molecule has 0 radical (unpaired) electrons. The van der Waals surface area contributed by atoms with Gasteiger partial charge in [0.15, 0.2) is 0 Å². The molecule has 0 aromatic carbocycles. The van der Waals surface area contributed by atoms with Crippen molar-refractivity contribution in [1.29, 1.82) is 0 Å². The van der Waals surface area contributed by atoms with E-state index in [4.69, 9.17) is 5.11 Å². The van der Waals surface area contributed by atoms with Gasteiger partial charge in [-0.2, -0.15) is 0 Å². The summed E-state index contributed by atoms with van der Waals surface area (Å²) in [5, 5.41) is 12.5. The van der Waals surface area contributed by atoms with Gasteiger partial charge in [0.2, 0.25) is 0 Å². The number of pyridine rings is 1. The lowest BCUT2D eigenvalue weighted by Gasteiger charge is -2.11. The van der Waals surface area contributed by atoms with Gasteiger partial charge in [-0.15, -0.1) is 0 Å². The Morgan fingerprint density at radius 1 is 1.42 bits per heavy atom. The molecule has 3 rings (SSSR count). The third-order valence-electron chi connectivity index (χ3n) is 3.76. The quantitative estimate of drug-likeness (QED) is 0.882. The Hall–Kier alpha value is -1.88. The zero-order chi connectivity index (χ0) is 13.2. The monoisotopic (exact) mass is 259 g/mol. The summed E-state index contributed by atoms with van der Waals surface area (Å²) in [6.07, 6.45) is 8.51. The molecule has 0 unspecified atom stereocenters. The SMILES string of the molecule is O=C(O)c1ccc2ncc(CNC3CCCC3)n2c1. The van der Waals surface area contributed by atoms with Crippen LogP contribution in [-0.2, 0) is 6.54 Å². The molecule has 1 fully saturated rings. The van der Waals surface area contributed by atoms with Crippen molar-refractivity contribution in [2.24, 2.45) is 0 Å². The number of carboxylic acids is 1. The van der Waals surface area contributed by atoms with E-state index in [9.17, 15) is 4.79 Å². The molecule has 2 aromatic heterocycles. The maximum Gasteiger partial charge on any atom is 0.337 e. The molecule has 100 valence electrons. The van der Waals surface area contributed by atoms with Gasteiger partial charge in [0.05, 0.1) is 17.5 Å². The predicted molar refractivity (Wildman–Crippen MR) is 71.2 cm³/mol. The van der Waals surface area contributed by atoms with E-state index < -0.39 is 5.97 Å². The first-order valence-electron chi connectivity index (χ1n) is 6.67. The minimum Gasteiger partial charge on any atom is -0.478 e. The van der Waals surface area contributed by atoms with E-state index >= 15 is 0 Å². The van der Waals surface area contributed by atoms with Gasteiger partial charge in [0.25, 0.3) is 0 Å². The summed E-state index contributed by atoms with van der Waals surface area (Å²) in [5.74, 6) is -0.912. The van der Waals surface area contributed by atoms with E-state index in [1.54, 1.807) is 18.3 Å². The number of hydrogen-bond acceptors (Lipinski definition) is 3. The Morgan fingerprint density at radius 3 is 2.95 bits per heavy atom. The number of aromatic carboxylic acids is 1. The van der Waals surface area contributed by atoms with Crippen LogP contribution in [0.4, 0.5) is 0 Å². The van der Waals surface area contributed by atoms with Gasteiger partial charge in [0.1, 0.15) is 5.65 Å². The molecule has 5 nitrogen and oxygen atoms in total. The molecule has 19 heavy (non-hydrogen) atoms. The van der Waals surface area contributed by atoms with Crippen molar-refractivity contribution in [3.05, 3.63) is 35.8 Å². The molecule has 2 N–H and O–H groups in total. The van der Waals surface area contributed by atoms with Crippen LogP contribution >= 0.6 is 0 Å². The number of carboxylic acid groups (broad SMARTS) is 1. The summed E-state index contributed by atoms with van der Waals surface area (Å²) in [6, 6.07) is 3.91. The number of nitrogens with zero attached hydrogens (tertiary/aromatic N) is 2. The minimum absolute atomic E-state index is 0.285. The van der Waals surface area contributed by atoms with Crippen LogP contribution in [0.3, 0.4) is 0 Å². The van der Waals surface area contributed by atoms with Crippen LogP contribution in [0.15, 0.2) is 24.5 Å².